The van der Waals surface area contributed by atoms with Crippen molar-refractivity contribution in [2.45, 2.75) is 13.1 Å². The van der Waals surface area contributed by atoms with Gasteiger partial charge in [-0.05, 0) is 0 Å². The fourth-order valence-electron chi connectivity index (χ4n) is 1.53. The van der Waals surface area contributed by atoms with E-state index in [0.29, 0.717) is 10.1 Å². The third-order valence-electron chi connectivity index (χ3n) is 2.59. The normalized spacial score (nSPS) is 11.6. The van der Waals surface area contributed by atoms with Crippen molar-refractivity contribution in [3.05, 3.63) is 53.6 Å². The zero-order valence-electron chi connectivity index (χ0n) is 10.2. The summed E-state index contributed by atoms with van der Waals surface area (Å²) in [6.07, 6.45) is -4.33. The van der Waals surface area contributed by atoms with Gasteiger partial charge in [-0.15, -0.1) is 0 Å². The van der Waals surface area contributed by atoms with Gasteiger partial charge in [-0.2, -0.15) is 0 Å². The predicted octanol–water partition coefficient (Wildman–Crippen LogP) is 2.25. The first kappa shape index (κ1) is 14.0. The number of hydrogen-bond acceptors (Lipinski definition) is 1. The summed E-state index contributed by atoms with van der Waals surface area (Å²) in [7, 11) is 0. The van der Waals surface area contributed by atoms with Crippen LogP contribution in [0.3, 0.4) is 0 Å². The van der Waals surface area contributed by atoms with E-state index in [1.165, 1.54) is 6.07 Å². The quantitative estimate of drug-likeness (QED) is 0.663. The predicted molar refractivity (Wildman–Crippen MR) is 72.1 cm³/mol. The SMILES string of the molecule is Cc1ccc([Se]c2cc(C(F)(F)F)ccc2N)cc1. The number of rotatable bonds is 2. The van der Waals surface area contributed by atoms with Gasteiger partial charge in [0.05, 0.1) is 0 Å². The van der Waals surface area contributed by atoms with Crippen molar-refractivity contribution in [1.82, 2.24) is 0 Å². The molecule has 0 spiro atoms. The van der Waals surface area contributed by atoms with Crippen LogP contribution in [0.5, 0.6) is 0 Å². The van der Waals surface area contributed by atoms with Crippen molar-refractivity contribution in [2.24, 2.45) is 0 Å². The van der Waals surface area contributed by atoms with Gasteiger partial charge in [0.25, 0.3) is 0 Å². The number of aryl methyl sites for hydroxylation is 1. The van der Waals surface area contributed by atoms with Crippen molar-refractivity contribution in [1.29, 1.82) is 0 Å². The Balaban J connectivity index is 2.31. The van der Waals surface area contributed by atoms with Gasteiger partial charge >= 0.3 is 115 Å². The van der Waals surface area contributed by atoms with Gasteiger partial charge in [0.2, 0.25) is 0 Å². The molecule has 2 aromatic carbocycles. The van der Waals surface area contributed by atoms with Crippen LogP contribution in [0, 0.1) is 6.92 Å². The van der Waals surface area contributed by atoms with E-state index >= 15 is 0 Å². The van der Waals surface area contributed by atoms with Crippen LogP contribution in [0.15, 0.2) is 42.5 Å². The second kappa shape index (κ2) is 5.27. The van der Waals surface area contributed by atoms with E-state index in [2.05, 4.69) is 0 Å². The van der Waals surface area contributed by atoms with Gasteiger partial charge in [-0.25, -0.2) is 0 Å². The molecule has 2 aromatic rings. The van der Waals surface area contributed by atoms with Crippen LogP contribution in [0.2, 0.25) is 0 Å². The molecule has 0 aliphatic rings. The zero-order chi connectivity index (χ0) is 14.0. The molecule has 100 valence electrons. The average molecular weight is 330 g/mol. The van der Waals surface area contributed by atoms with Gasteiger partial charge < -0.3 is 0 Å². The first-order valence-electron chi connectivity index (χ1n) is 5.57. The second-order valence-electron chi connectivity index (χ2n) is 4.17. The van der Waals surface area contributed by atoms with E-state index in [4.69, 9.17) is 5.73 Å². The minimum absolute atomic E-state index is 0.223. The molecule has 0 aliphatic carbocycles. The van der Waals surface area contributed by atoms with Crippen LogP contribution in [0.1, 0.15) is 11.1 Å². The summed E-state index contributed by atoms with van der Waals surface area (Å²) >= 11 is -0.223. The Morgan fingerprint density at radius 1 is 1.00 bits per heavy atom. The summed E-state index contributed by atoms with van der Waals surface area (Å²) in [5, 5.41) is 0. The number of anilines is 1. The van der Waals surface area contributed by atoms with E-state index in [0.717, 1.165) is 22.2 Å². The molecule has 0 saturated carbocycles. The van der Waals surface area contributed by atoms with Crippen LogP contribution in [0.4, 0.5) is 18.9 Å². The number of nitrogens with two attached hydrogens (primary N) is 1. The molecule has 1 nitrogen and oxygen atoms in total. The molecule has 0 fully saturated rings. The van der Waals surface area contributed by atoms with E-state index in [9.17, 15) is 13.2 Å². The molecule has 0 aromatic heterocycles. The Bertz CT molecular complexity index is 576. The van der Waals surface area contributed by atoms with E-state index in [-0.39, 0.29) is 15.0 Å². The molecule has 0 radical (unpaired) electrons. The molecule has 5 heteroatoms. The maximum atomic E-state index is 12.7. The summed E-state index contributed by atoms with van der Waals surface area (Å²) < 4.78 is 39.5. The van der Waals surface area contributed by atoms with E-state index < -0.39 is 11.7 Å². The van der Waals surface area contributed by atoms with Crippen LogP contribution < -0.4 is 14.7 Å². The molecule has 2 rings (SSSR count). The first-order valence-corrected chi connectivity index (χ1v) is 7.29. The van der Waals surface area contributed by atoms with Crippen LogP contribution in [-0.2, 0) is 6.18 Å². The van der Waals surface area contributed by atoms with Crippen LogP contribution >= 0.6 is 0 Å². The topological polar surface area (TPSA) is 26.0 Å². The standard InChI is InChI=1S/C14H12F3NSe/c1-9-2-5-11(6-3-9)19-13-8-10(14(15,16)17)4-7-12(13)18/h2-8H,18H2,1H3. The van der Waals surface area contributed by atoms with Crippen LogP contribution in [0.25, 0.3) is 0 Å². The van der Waals surface area contributed by atoms with Crippen LogP contribution in [-0.4, -0.2) is 15.0 Å². The van der Waals surface area contributed by atoms with Crippen molar-refractivity contribution >= 4 is 29.6 Å². The van der Waals surface area contributed by atoms with Crippen molar-refractivity contribution < 1.29 is 13.2 Å². The van der Waals surface area contributed by atoms with Gasteiger partial charge in [-0.1, -0.05) is 0 Å². The number of hydrogen-bond donors (Lipinski definition) is 1. The molecule has 0 heterocycles. The summed E-state index contributed by atoms with van der Waals surface area (Å²) in [5.74, 6) is 0. The first-order chi connectivity index (χ1) is 8.86. The van der Waals surface area contributed by atoms with Gasteiger partial charge in [0.15, 0.2) is 0 Å². The van der Waals surface area contributed by atoms with Gasteiger partial charge in [0.1, 0.15) is 0 Å². The molecule has 2 N–H and O–H groups in total. The van der Waals surface area contributed by atoms with Crippen molar-refractivity contribution in [2.75, 3.05) is 5.73 Å². The third kappa shape index (κ3) is 3.52. The number of alkyl halides is 3. The Hall–Kier alpha value is -1.45. The van der Waals surface area contributed by atoms with Crippen molar-refractivity contribution in [3.8, 4) is 0 Å². The fourth-order valence-corrected chi connectivity index (χ4v) is 3.42. The zero-order valence-corrected chi connectivity index (χ0v) is 11.9. The molecule has 0 atom stereocenters. The Morgan fingerprint density at radius 2 is 1.63 bits per heavy atom. The second-order valence-corrected chi connectivity index (χ2v) is 6.51. The summed E-state index contributed by atoms with van der Waals surface area (Å²) in [4.78, 5) is 0. The van der Waals surface area contributed by atoms with Gasteiger partial charge in [-0.3, -0.25) is 0 Å². The maximum absolute atomic E-state index is 12.7. The average Bonchev–Trinajstić information content (AvgIpc) is 2.33. The summed E-state index contributed by atoms with van der Waals surface area (Å²) in [5.41, 5.74) is 6.64. The molecule has 0 aliphatic heterocycles. The molecular formula is C14H12F3NSe. The van der Waals surface area contributed by atoms with Crippen molar-refractivity contribution in [3.63, 3.8) is 0 Å². The summed E-state index contributed by atoms with van der Waals surface area (Å²) in [6.45, 7) is 1.97. The molecule has 0 amide bonds. The third-order valence-corrected chi connectivity index (χ3v) is 4.86. The molecule has 19 heavy (non-hydrogen) atoms. The Labute approximate surface area is 115 Å². The molecule has 0 saturated heterocycles. The fraction of sp³-hybridized carbons (Fsp3) is 0.143. The Morgan fingerprint density at radius 3 is 2.21 bits per heavy atom. The number of benzene rings is 2. The number of nitrogen functional groups attached to an aromatic ring is 1. The Kier molecular flexibility index (Phi) is 3.88. The minimum atomic E-state index is -4.33. The monoisotopic (exact) mass is 331 g/mol. The molecule has 0 bridgehead atoms. The van der Waals surface area contributed by atoms with Gasteiger partial charge in [0, 0.05) is 0 Å². The molecular weight excluding hydrogens is 318 g/mol. The molecule has 0 unspecified atom stereocenters. The van der Waals surface area contributed by atoms with E-state index in [1.54, 1.807) is 0 Å². The van der Waals surface area contributed by atoms with E-state index in [1.807, 2.05) is 31.2 Å². The summed E-state index contributed by atoms with van der Waals surface area (Å²) in [6, 6.07) is 11.2. The number of halogens is 3.